The summed E-state index contributed by atoms with van der Waals surface area (Å²) in [4.78, 5) is 16.2. The monoisotopic (exact) mass is 269 g/mol. The third-order valence-electron chi connectivity index (χ3n) is 3.02. The number of thiazole rings is 1. The van der Waals surface area contributed by atoms with E-state index in [1.54, 1.807) is 5.38 Å². The molecular weight excluding hydrogens is 250 g/mol. The van der Waals surface area contributed by atoms with Gasteiger partial charge in [0.1, 0.15) is 5.69 Å². The maximum Gasteiger partial charge on any atom is 0.271 e. The van der Waals surface area contributed by atoms with Gasteiger partial charge in [0.15, 0.2) is 0 Å². The lowest BCUT2D eigenvalue weighted by Crippen LogP contribution is -2.40. The van der Waals surface area contributed by atoms with Gasteiger partial charge < -0.3 is 15.8 Å². The molecule has 0 saturated carbocycles. The van der Waals surface area contributed by atoms with Crippen LogP contribution in [0, 0.1) is 0 Å². The van der Waals surface area contributed by atoms with Gasteiger partial charge in [-0.15, -0.1) is 11.3 Å². The second kappa shape index (κ2) is 6.26. The van der Waals surface area contributed by atoms with Crippen LogP contribution in [0.2, 0.25) is 0 Å². The summed E-state index contributed by atoms with van der Waals surface area (Å²) in [6.45, 7) is 3.32. The molecule has 2 unspecified atom stereocenters. The number of hydrogen-bond acceptors (Lipinski definition) is 5. The standard InChI is InChI=1S/C12H19N3O2S/c1-8(10-3-2-6-17-10)14-12(16)9-7-18-11(15-9)4-5-13/h7-8,10H,2-6,13H2,1H3,(H,14,16). The number of nitrogens with two attached hydrogens (primary N) is 1. The number of nitrogens with one attached hydrogen (secondary N) is 1. The fourth-order valence-corrected chi connectivity index (χ4v) is 2.82. The molecular formula is C12H19N3O2S. The number of ether oxygens (including phenoxy) is 1. The van der Waals surface area contributed by atoms with Crippen molar-refractivity contribution in [2.75, 3.05) is 13.2 Å². The Hall–Kier alpha value is -0.980. The first-order chi connectivity index (χ1) is 8.70. The van der Waals surface area contributed by atoms with Gasteiger partial charge in [-0.25, -0.2) is 4.98 Å². The Balaban J connectivity index is 1.89. The normalized spacial score (nSPS) is 20.9. The molecule has 1 fully saturated rings. The van der Waals surface area contributed by atoms with Crippen molar-refractivity contribution < 1.29 is 9.53 Å². The molecule has 0 aliphatic carbocycles. The van der Waals surface area contributed by atoms with Crippen molar-refractivity contribution in [2.45, 2.75) is 38.3 Å². The van der Waals surface area contributed by atoms with E-state index in [0.717, 1.165) is 30.9 Å². The second-order valence-corrected chi connectivity index (χ2v) is 5.42. The summed E-state index contributed by atoms with van der Waals surface area (Å²) in [7, 11) is 0. The fraction of sp³-hybridized carbons (Fsp3) is 0.667. The van der Waals surface area contributed by atoms with E-state index in [2.05, 4.69) is 10.3 Å². The van der Waals surface area contributed by atoms with Crippen LogP contribution in [0.1, 0.15) is 35.3 Å². The third kappa shape index (κ3) is 3.28. The van der Waals surface area contributed by atoms with Gasteiger partial charge in [0.2, 0.25) is 0 Å². The number of nitrogens with zero attached hydrogens (tertiary/aromatic N) is 1. The van der Waals surface area contributed by atoms with Crippen molar-refractivity contribution in [3.8, 4) is 0 Å². The molecule has 2 atom stereocenters. The minimum Gasteiger partial charge on any atom is -0.376 e. The van der Waals surface area contributed by atoms with Gasteiger partial charge in [-0.1, -0.05) is 0 Å². The lowest BCUT2D eigenvalue weighted by atomic mass is 10.1. The molecule has 1 aliphatic heterocycles. The zero-order valence-corrected chi connectivity index (χ0v) is 11.3. The Bertz CT molecular complexity index is 402. The third-order valence-corrected chi connectivity index (χ3v) is 3.93. The van der Waals surface area contributed by atoms with E-state index >= 15 is 0 Å². The summed E-state index contributed by atoms with van der Waals surface area (Å²) >= 11 is 1.48. The molecule has 2 rings (SSSR count). The molecule has 100 valence electrons. The van der Waals surface area contributed by atoms with Crippen LogP contribution in [0.4, 0.5) is 0 Å². The molecule has 0 aromatic carbocycles. The van der Waals surface area contributed by atoms with E-state index in [1.165, 1.54) is 11.3 Å². The zero-order chi connectivity index (χ0) is 13.0. The molecule has 5 nitrogen and oxygen atoms in total. The highest BCUT2D eigenvalue weighted by Crippen LogP contribution is 2.16. The fourth-order valence-electron chi connectivity index (χ4n) is 2.02. The Labute approximate surface area is 111 Å². The predicted molar refractivity (Wildman–Crippen MR) is 70.8 cm³/mol. The lowest BCUT2D eigenvalue weighted by molar-refractivity contribution is 0.0710. The van der Waals surface area contributed by atoms with Crippen molar-refractivity contribution >= 4 is 17.2 Å². The van der Waals surface area contributed by atoms with E-state index < -0.39 is 0 Å². The van der Waals surface area contributed by atoms with Crippen LogP contribution in [0.15, 0.2) is 5.38 Å². The Morgan fingerprint density at radius 1 is 1.78 bits per heavy atom. The topological polar surface area (TPSA) is 77.2 Å². The van der Waals surface area contributed by atoms with Gasteiger partial charge >= 0.3 is 0 Å². The average Bonchev–Trinajstić information content (AvgIpc) is 3.00. The smallest absolute Gasteiger partial charge is 0.271 e. The van der Waals surface area contributed by atoms with E-state index in [-0.39, 0.29) is 18.1 Å². The van der Waals surface area contributed by atoms with Gasteiger partial charge in [-0.2, -0.15) is 0 Å². The molecule has 1 aliphatic rings. The summed E-state index contributed by atoms with van der Waals surface area (Å²) in [5.41, 5.74) is 5.94. The molecule has 18 heavy (non-hydrogen) atoms. The molecule has 0 radical (unpaired) electrons. The van der Waals surface area contributed by atoms with Crippen LogP contribution in [0.5, 0.6) is 0 Å². The molecule has 0 spiro atoms. The Morgan fingerprint density at radius 3 is 3.28 bits per heavy atom. The quantitative estimate of drug-likeness (QED) is 0.834. The zero-order valence-electron chi connectivity index (χ0n) is 10.5. The first-order valence-electron chi connectivity index (χ1n) is 6.27. The van der Waals surface area contributed by atoms with Crippen molar-refractivity contribution in [1.29, 1.82) is 0 Å². The largest absolute Gasteiger partial charge is 0.376 e. The Morgan fingerprint density at radius 2 is 2.61 bits per heavy atom. The highest BCUT2D eigenvalue weighted by Gasteiger charge is 2.24. The first-order valence-corrected chi connectivity index (χ1v) is 7.15. The summed E-state index contributed by atoms with van der Waals surface area (Å²) in [5, 5.41) is 5.63. The van der Waals surface area contributed by atoms with Crippen molar-refractivity contribution in [2.24, 2.45) is 5.73 Å². The van der Waals surface area contributed by atoms with E-state index in [4.69, 9.17) is 10.5 Å². The van der Waals surface area contributed by atoms with E-state index in [9.17, 15) is 4.79 Å². The molecule has 6 heteroatoms. The summed E-state index contributed by atoms with van der Waals surface area (Å²) in [6.07, 6.45) is 2.94. The minimum atomic E-state index is -0.127. The highest BCUT2D eigenvalue weighted by atomic mass is 32.1. The summed E-state index contributed by atoms with van der Waals surface area (Å²) in [5.74, 6) is -0.127. The molecule has 2 heterocycles. The van der Waals surface area contributed by atoms with Crippen LogP contribution < -0.4 is 11.1 Å². The van der Waals surface area contributed by atoms with Crippen LogP contribution in [0.25, 0.3) is 0 Å². The van der Waals surface area contributed by atoms with E-state index in [1.807, 2.05) is 6.92 Å². The van der Waals surface area contributed by atoms with Crippen LogP contribution in [0.3, 0.4) is 0 Å². The number of carbonyl (C=O) groups excluding carboxylic acids is 1. The molecule has 0 bridgehead atoms. The average molecular weight is 269 g/mol. The number of aromatic nitrogens is 1. The molecule has 3 N–H and O–H groups in total. The number of carbonyl (C=O) groups is 1. The summed E-state index contributed by atoms with van der Waals surface area (Å²) < 4.78 is 5.55. The molecule has 1 aromatic rings. The maximum atomic E-state index is 12.0. The number of hydrogen-bond donors (Lipinski definition) is 2. The van der Waals surface area contributed by atoms with Gasteiger partial charge in [0.25, 0.3) is 5.91 Å². The Kier molecular flexibility index (Phi) is 4.68. The van der Waals surface area contributed by atoms with Crippen molar-refractivity contribution in [1.82, 2.24) is 10.3 Å². The second-order valence-electron chi connectivity index (χ2n) is 4.48. The van der Waals surface area contributed by atoms with Crippen molar-refractivity contribution in [3.63, 3.8) is 0 Å². The van der Waals surface area contributed by atoms with E-state index in [0.29, 0.717) is 12.2 Å². The van der Waals surface area contributed by atoms with Crippen LogP contribution in [-0.4, -0.2) is 36.2 Å². The van der Waals surface area contributed by atoms with Crippen LogP contribution in [-0.2, 0) is 11.2 Å². The number of amides is 1. The first kappa shape index (κ1) is 13.5. The maximum absolute atomic E-state index is 12.0. The molecule has 1 aromatic heterocycles. The van der Waals surface area contributed by atoms with Gasteiger partial charge in [-0.05, 0) is 26.3 Å². The number of rotatable bonds is 5. The highest BCUT2D eigenvalue weighted by molar-refractivity contribution is 7.09. The van der Waals surface area contributed by atoms with Crippen molar-refractivity contribution in [3.05, 3.63) is 16.1 Å². The SMILES string of the molecule is CC(NC(=O)c1csc(CCN)n1)C1CCCO1. The lowest BCUT2D eigenvalue weighted by Gasteiger charge is -2.19. The van der Waals surface area contributed by atoms with Gasteiger partial charge in [0, 0.05) is 18.4 Å². The van der Waals surface area contributed by atoms with Crippen LogP contribution >= 0.6 is 11.3 Å². The van der Waals surface area contributed by atoms with Gasteiger partial charge in [-0.3, -0.25) is 4.79 Å². The van der Waals surface area contributed by atoms with Gasteiger partial charge in [0.05, 0.1) is 17.2 Å². The summed E-state index contributed by atoms with van der Waals surface area (Å²) in [6, 6.07) is 0.0275. The predicted octanol–water partition coefficient (Wildman–Crippen LogP) is 0.942. The minimum absolute atomic E-state index is 0.0275. The molecule has 1 amide bonds. The molecule has 1 saturated heterocycles.